The highest BCUT2D eigenvalue weighted by Gasteiger charge is 2.25. The van der Waals surface area contributed by atoms with Gasteiger partial charge in [0, 0.05) is 50.4 Å². The second kappa shape index (κ2) is 14.0. The maximum Gasteiger partial charge on any atom is 0.298 e. The third kappa shape index (κ3) is 6.12. The molecule has 3 aromatic heterocycles. The fourth-order valence-corrected chi connectivity index (χ4v) is 8.92. The zero-order valence-electron chi connectivity index (χ0n) is 31.6. The molecule has 0 amide bonds. The molecule has 3 heterocycles. The molecule has 2 N–H and O–H groups in total. The summed E-state index contributed by atoms with van der Waals surface area (Å²) in [5, 5.41) is 14.7. The number of fused-ring (bicyclic) bond motifs is 6. The Morgan fingerprint density at radius 3 is 2.10 bits per heavy atom. The lowest BCUT2D eigenvalue weighted by molar-refractivity contribution is 0.103. The Balaban J connectivity index is 1.14. The van der Waals surface area contributed by atoms with Crippen molar-refractivity contribution in [3.63, 3.8) is 0 Å². The number of ketones is 1. The van der Waals surface area contributed by atoms with E-state index in [4.69, 9.17) is 19.7 Å². The summed E-state index contributed by atoms with van der Waals surface area (Å²) in [6.45, 7) is 0. The van der Waals surface area contributed by atoms with Crippen LogP contribution < -0.4 is 4.74 Å². The second-order valence-corrected chi connectivity index (χ2v) is 16.0. The summed E-state index contributed by atoms with van der Waals surface area (Å²) in [6, 6.07) is 29.6. The molecule has 5 aromatic carbocycles. The van der Waals surface area contributed by atoms with E-state index in [0.29, 0.717) is 11.8 Å². The van der Waals surface area contributed by atoms with Crippen molar-refractivity contribution in [3.05, 3.63) is 162 Å². The molecule has 0 bridgehead atoms. The van der Waals surface area contributed by atoms with Gasteiger partial charge in [-0.2, -0.15) is 18.4 Å². The zero-order valence-corrected chi connectivity index (χ0v) is 32.5. The summed E-state index contributed by atoms with van der Waals surface area (Å²) in [5.41, 5.74) is 5.48. The molecule has 12 heteroatoms. The van der Waals surface area contributed by atoms with E-state index in [1.165, 1.54) is 7.11 Å². The number of rotatable bonds is 8. The molecule has 1 unspecified atom stereocenters. The molecule has 0 saturated carbocycles. The summed E-state index contributed by atoms with van der Waals surface area (Å²) in [7, 11) is -3.55. The third-order valence-corrected chi connectivity index (χ3v) is 11.9. The number of allylic oxidation sites excluding steroid dienone is 8. The molecule has 0 saturated heterocycles. The normalized spacial score (nSPS) is 15.4. The molecule has 1 atom stereocenters. The summed E-state index contributed by atoms with van der Waals surface area (Å²) >= 11 is 0. The Kier molecular flexibility index (Phi) is 8.62. The molecule has 0 spiro atoms. The number of benzene rings is 5. The number of aromatic nitrogens is 5. The molecule has 0 fully saturated rings. The molecule has 8 aromatic rings. The molecule has 0 radical (unpaired) electrons. The fourth-order valence-electron chi connectivity index (χ4n) is 8.26. The van der Waals surface area contributed by atoms with Crippen molar-refractivity contribution in [2.75, 3.05) is 7.11 Å². The maximum atomic E-state index is 13.7. The predicted molar refractivity (Wildman–Crippen MR) is 228 cm³/mol. The standard InChI is InChI=1S/C47H35N5O6S/c1-58-42-27-41(53)36(26-43(42)59(55,56)57)44(54)28-20-22-31(23-21-28)51-37-18-10-8-16-32(37)34-25-40-35(24-39(34)51)33-17-9-11-19-38(33)52(40)47-49-45(29-12-4-2-5-13-29)48-46(50-47)30-14-6-3-7-15-30/h2,4-6,8-12,14-27,29,53H,3,7,13H2,1H3,(H,55,56,57). The van der Waals surface area contributed by atoms with Crippen LogP contribution >= 0.6 is 0 Å². The largest absolute Gasteiger partial charge is 0.507 e. The number of phenols is 1. The average Bonchev–Trinajstić information content (AvgIpc) is 3.77. The lowest BCUT2D eigenvalue weighted by Gasteiger charge is -2.16. The number of aromatic hydroxyl groups is 1. The number of methoxy groups -OCH3 is 1. The third-order valence-electron chi connectivity index (χ3n) is 11.1. The number of ether oxygens (including phenoxy) is 1. The topological polar surface area (TPSA) is 149 Å². The van der Waals surface area contributed by atoms with Crippen LogP contribution in [0.4, 0.5) is 0 Å². The maximum absolute atomic E-state index is 13.7. The van der Waals surface area contributed by atoms with Gasteiger partial charge in [-0.1, -0.05) is 78.9 Å². The second-order valence-electron chi connectivity index (χ2n) is 14.6. The first-order valence-corrected chi connectivity index (χ1v) is 20.6. The van der Waals surface area contributed by atoms with Gasteiger partial charge in [0.1, 0.15) is 22.2 Å². The first-order valence-electron chi connectivity index (χ1n) is 19.1. The minimum atomic E-state index is -4.75. The highest BCUT2D eigenvalue weighted by Crippen LogP contribution is 2.40. The van der Waals surface area contributed by atoms with Crippen LogP contribution in [-0.2, 0) is 10.1 Å². The average molecular weight is 798 g/mol. The van der Waals surface area contributed by atoms with E-state index in [1.54, 1.807) is 12.1 Å². The first-order chi connectivity index (χ1) is 28.7. The Hall–Kier alpha value is -7.15. The Morgan fingerprint density at radius 2 is 1.46 bits per heavy atom. The molecule has 0 aliphatic heterocycles. The predicted octanol–water partition coefficient (Wildman–Crippen LogP) is 9.59. The van der Waals surface area contributed by atoms with Crippen molar-refractivity contribution >= 4 is 65.1 Å². The number of carbonyl (C=O) groups is 1. The van der Waals surface area contributed by atoms with Gasteiger partial charge in [-0.05, 0) is 73.9 Å². The van der Waals surface area contributed by atoms with Crippen LogP contribution in [-0.4, -0.2) is 55.1 Å². The Labute approximate surface area is 338 Å². The van der Waals surface area contributed by atoms with Crippen molar-refractivity contribution in [1.29, 1.82) is 0 Å². The van der Waals surface area contributed by atoms with Gasteiger partial charge in [0.2, 0.25) is 5.95 Å². The highest BCUT2D eigenvalue weighted by atomic mass is 32.2. The highest BCUT2D eigenvalue weighted by molar-refractivity contribution is 7.86. The molecule has 59 heavy (non-hydrogen) atoms. The number of para-hydroxylation sites is 2. The van der Waals surface area contributed by atoms with Gasteiger partial charge in [0.25, 0.3) is 10.1 Å². The number of phenolic OH excluding ortho intramolecular Hbond substituents is 1. The molecule has 2 aliphatic carbocycles. The SMILES string of the molecule is COc1cc(O)c(C(=O)c2ccc(-n3c4ccccc4c4cc5c(cc43)c3ccccc3n5-c3nc(C4=CCCC=C4)nc(C4C=CC=CC4)n3)cc2)cc1S(=O)(=O)O. The summed E-state index contributed by atoms with van der Waals surface area (Å²) < 4.78 is 43.2. The lowest BCUT2D eigenvalue weighted by atomic mass is 10.00. The van der Waals surface area contributed by atoms with Gasteiger partial charge >= 0.3 is 0 Å². The van der Waals surface area contributed by atoms with Crippen LogP contribution in [0.3, 0.4) is 0 Å². The number of hydrogen-bond acceptors (Lipinski definition) is 8. The van der Waals surface area contributed by atoms with Gasteiger partial charge in [-0.3, -0.25) is 13.9 Å². The van der Waals surface area contributed by atoms with Crippen LogP contribution in [0.1, 0.15) is 52.8 Å². The van der Waals surface area contributed by atoms with Gasteiger partial charge in [-0.15, -0.1) is 0 Å². The van der Waals surface area contributed by atoms with Crippen molar-refractivity contribution in [1.82, 2.24) is 24.1 Å². The van der Waals surface area contributed by atoms with E-state index >= 15 is 0 Å². The van der Waals surface area contributed by atoms with Crippen LogP contribution in [0.15, 0.2) is 144 Å². The smallest absolute Gasteiger partial charge is 0.298 e. The quantitative estimate of drug-likeness (QED) is 0.113. The van der Waals surface area contributed by atoms with E-state index in [2.05, 4.69) is 75.9 Å². The van der Waals surface area contributed by atoms with Crippen LogP contribution in [0.25, 0.3) is 60.8 Å². The van der Waals surface area contributed by atoms with E-state index < -0.39 is 26.5 Å². The van der Waals surface area contributed by atoms with Crippen LogP contribution in [0.2, 0.25) is 0 Å². The Bertz CT molecular complexity index is 3300. The molecule has 11 nitrogen and oxygen atoms in total. The lowest BCUT2D eigenvalue weighted by Crippen LogP contribution is -2.12. The molecule has 2 aliphatic rings. The van der Waals surface area contributed by atoms with Crippen molar-refractivity contribution in [3.8, 4) is 23.1 Å². The van der Waals surface area contributed by atoms with Crippen molar-refractivity contribution in [2.24, 2.45) is 0 Å². The number of nitrogens with zero attached hydrogens (tertiary/aromatic N) is 5. The summed E-state index contributed by atoms with van der Waals surface area (Å²) in [5.74, 6) is 0.539. The van der Waals surface area contributed by atoms with Crippen molar-refractivity contribution < 1.29 is 27.6 Å². The molecule has 10 rings (SSSR count). The van der Waals surface area contributed by atoms with E-state index in [-0.39, 0.29) is 22.8 Å². The fraction of sp³-hybridized carbons (Fsp3) is 0.106. The monoisotopic (exact) mass is 797 g/mol. The Morgan fingerprint density at radius 1 is 0.763 bits per heavy atom. The summed E-state index contributed by atoms with van der Waals surface area (Å²) in [4.78, 5) is 28.4. The van der Waals surface area contributed by atoms with Gasteiger partial charge < -0.3 is 14.4 Å². The number of hydrogen-bond donors (Lipinski definition) is 2. The van der Waals surface area contributed by atoms with Gasteiger partial charge in [0.05, 0.1) is 34.7 Å². The van der Waals surface area contributed by atoms with Crippen LogP contribution in [0, 0.1) is 0 Å². The summed E-state index contributed by atoms with van der Waals surface area (Å²) in [6.07, 6.45) is 17.5. The molecule has 290 valence electrons. The number of carbonyl (C=O) groups excluding carboxylic acids is 1. The van der Waals surface area contributed by atoms with Gasteiger partial charge in [0.15, 0.2) is 11.6 Å². The first kappa shape index (κ1) is 36.2. The molecular formula is C47H35N5O6S. The van der Waals surface area contributed by atoms with E-state index in [9.17, 15) is 22.9 Å². The van der Waals surface area contributed by atoms with Crippen molar-refractivity contribution in [2.45, 2.75) is 30.1 Å². The van der Waals surface area contributed by atoms with Crippen LogP contribution in [0.5, 0.6) is 11.5 Å². The van der Waals surface area contributed by atoms with Gasteiger partial charge in [-0.25, -0.2) is 4.98 Å². The zero-order chi connectivity index (χ0) is 40.4. The van der Waals surface area contributed by atoms with E-state index in [1.807, 2.05) is 48.6 Å². The molecular weight excluding hydrogens is 763 g/mol. The van der Waals surface area contributed by atoms with E-state index in [0.717, 1.165) is 92.1 Å². The minimum Gasteiger partial charge on any atom is -0.507 e. The minimum absolute atomic E-state index is 0.0178.